The molecule has 0 aliphatic rings. The normalized spacial score (nSPS) is 11.1. The lowest BCUT2D eigenvalue weighted by Gasteiger charge is -2.05. The van der Waals surface area contributed by atoms with Gasteiger partial charge < -0.3 is 20.9 Å². The molecule has 2 aromatic carbocycles. The first-order valence-electron chi connectivity index (χ1n) is 17.1. The lowest BCUT2D eigenvalue weighted by atomic mass is 10.2. The third-order valence-electron chi connectivity index (χ3n) is 8.50. The van der Waals surface area contributed by atoms with Gasteiger partial charge in [-0.1, -0.05) is 59.1 Å². The van der Waals surface area contributed by atoms with Gasteiger partial charge in [0.05, 0.1) is 45.2 Å². The number of ether oxygens (including phenoxy) is 2. The Balaban J connectivity index is 1.25. The molecule has 0 bridgehead atoms. The predicted molar refractivity (Wildman–Crippen MR) is 212 cm³/mol. The number of nitrogens with two attached hydrogens (primary N) is 2. The summed E-state index contributed by atoms with van der Waals surface area (Å²) in [6.07, 6.45) is 4.64. The third kappa shape index (κ3) is 9.60. The molecule has 0 fully saturated rings. The van der Waals surface area contributed by atoms with Crippen LogP contribution in [-0.4, -0.2) is 45.1 Å². The molecule has 0 spiro atoms. The first-order valence-corrected chi connectivity index (χ1v) is 20.8. The zero-order valence-electron chi connectivity index (χ0n) is 30.3. The number of hydrogen-bond donors (Lipinski definition) is 2. The number of carbonyl (C=O) groups is 2. The molecule has 4 heterocycles. The van der Waals surface area contributed by atoms with E-state index in [9.17, 15) is 9.59 Å². The summed E-state index contributed by atoms with van der Waals surface area (Å²) in [6, 6.07) is 18.0. The molecule has 0 saturated carbocycles. The first kappa shape index (κ1) is 38.8. The van der Waals surface area contributed by atoms with Crippen molar-refractivity contribution in [2.45, 2.75) is 62.3 Å². The van der Waals surface area contributed by atoms with Crippen molar-refractivity contribution < 1.29 is 28.2 Å². The van der Waals surface area contributed by atoms with E-state index in [1.165, 1.54) is 0 Å². The van der Waals surface area contributed by atoms with Crippen LogP contribution in [0.4, 0.5) is 11.6 Å². The summed E-state index contributed by atoms with van der Waals surface area (Å²) >= 11 is 3.30. The summed E-state index contributed by atoms with van der Waals surface area (Å²) in [5, 5.41) is 0. The molecule has 0 atom stereocenters. The maximum Gasteiger partial charge on any atom is 0.338 e. The van der Waals surface area contributed by atoms with Crippen LogP contribution in [0.2, 0.25) is 0 Å². The number of esters is 2. The summed E-state index contributed by atoms with van der Waals surface area (Å²) in [5.74, 6) is 1.38. The molecule has 0 radical (unpaired) electrons. The van der Waals surface area contributed by atoms with E-state index in [1.807, 2.05) is 50.2 Å². The summed E-state index contributed by atoms with van der Waals surface area (Å²) in [4.78, 5) is 45.1. The zero-order chi connectivity index (χ0) is 38.2. The van der Waals surface area contributed by atoms with Crippen molar-refractivity contribution in [3.05, 3.63) is 128 Å². The van der Waals surface area contributed by atoms with E-state index in [4.69, 9.17) is 20.9 Å². The molecule has 54 heavy (non-hydrogen) atoms. The van der Waals surface area contributed by atoms with Gasteiger partial charge >= 0.3 is 20.6 Å². The van der Waals surface area contributed by atoms with Gasteiger partial charge in [0.2, 0.25) is 0 Å². The minimum absolute atomic E-state index is 0.241. The van der Waals surface area contributed by atoms with Gasteiger partial charge in [0.25, 0.3) is 0 Å². The van der Waals surface area contributed by atoms with Crippen LogP contribution >= 0.6 is 44.3 Å². The Morgan fingerprint density at radius 2 is 1.04 bits per heavy atom. The SMILES string of the molecule is Cc1ncc(C[n+]2c(SSc3sc(CCOC(=O)c4ccccc4)c(C)[n+]3Cc3cnc(C)nc3N)sc(CCOC(=O)c3ccccc3)c2C)c(N)n1. The van der Waals surface area contributed by atoms with Crippen molar-refractivity contribution in [1.82, 2.24) is 19.9 Å². The van der Waals surface area contributed by atoms with Crippen molar-refractivity contribution in [3.8, 4) is 0 Å². The van der Waals surface area contributed by atoms with E-state index < -0.39 is 0 Å². The monoisotopic (exact) mass is 800 g/mol. The number of anilines is 2. The van der Waals surface area contributed by atoms with E-state index >= 15 is 0 Å². The van der Waals surface area contributed by atoms with Crippen LogP contribution in [0.25, 0.3) is 0 Å². The van der Waals surface area contributed by atoms with Crippen molar-refractivity contribution in [3.63, 3.8) is 0 Å². The van der Waals surface area contributed by atoms with E-state index in [0.717, 1.165) is 40.9 Å². The van der Waals surface area contributed by atoms with Gasteiger partial charge in [0.15, 0.2) is 24.5 Å². The number of nitrogen functional groups attached to an aromatic ring is 2. The van der Waals surface area contributed by atoms with E-state index in [1.54, 1.807) is 80.9 Å². The molecule has 4 aromatic heterocycles. The fraction of sp³-hybridized carbons (Fsp3) is 0.263. The Hall–Kier alpha value is -4.90. The first-order chi connectivity index (χ1) is 26.1. The molecule has 0 unspecified atom stereocenters. The number of aryl methyl sites for hydroxylation is 2. The van der Waals surface area contributed by atoms with Gasteiger partial charge in [-0.15, -0.1) is 0 Å². The highest BCUT2D eigenvalue weighted by Crippen LogP contribution is 2.42. The van der Waals surface area contributed by atoms with Crippen LogP contribution in [0, 0.1) is 27.7 Å². The second-order valence-electron chi connectivity index (χ2n) is 12.3. The highest BCUT2D eigenvalue weighted by molar-refractivity contribution is 8.77. The topological polar surface area (TPSA) is 164 Å². The Bertz CT molecular complexity index is 2110. The van der Waals surface area contributed by atoms with Crippen LogP contribution in [0.5, 0.6) is 0 Å². The highest BCUT2D eigenvalue weighted by Gasteiger charge is 2.30. The van der Waals surface area contributed by atoms with Crippen molar-refractivity contribution in [2.24, 2.45) is 0 Å². The van der Waals surface area contributed by atoms with Gasteiger partial charge in [0, 0.05) is 60.7 Å². The Morgan fingerprint density at radius 1 is 0.648 bits per heavy atom. The number of aromatic nitrogens is 6. The number of nitrogens with zero attached hydrogens (tertiary/aromatic N) is 6. The predicted octanol–water partition coefficient (Wildman–Crippen LogP) is 6.06. The van der Waals surface area contributed by atoms with Crippen LogP contribution in [0.1, 0.15) is 64.6 Å². The van der Waals surface area contributed by atoms with Crippen LogP contribution < -0.4 is 20.6 Å². The van der Waals surface area contributed by atoms with E-state index in [2.05, 4.69) is 42.9 Å². The molecule has 6 aromatic rings. The van der Waals surface area contributed by atoms with Gasteiger partial charge in [-0.2, -0.15) is 9.13 Å². The summed E-state index contributed by atoms with van der Waals surface area (Å²) in [5.41, 5.74) is 17.4. The van der Waals surface area contributed by atoms with Gasteiger partial charge in [-0.05, 0) is 38.1 Å². The molecule has 12 nitrogen and oxygen atoms in total. The minimum Gasteiger partial charge on any atom is -0.462 e. The minimum atomic E-state index is -0.352. The van der Waals surface area contributed by atoms with Gasteiger partial charge in [0.1, 0.15) is 23.3 Å². The number of rotatable bonds is 15. The Kier molecular flexibility index (Phi) is 12.9. The number of thiazole rings is 2. The van der Waals surface area contributed by atoms with Crippen LogP contribution in [-0.2, 0) is 35.4 Å². The molecule has 0 amide bonds. The molecule has 0 aliphatic heterocycles. The second kappa shape index (κ2) is 18.0. The number of benzene rings is 2. The molecule has 0 saturated heterocycles. The van der Waals surface area contributed by atoms with E-state index in [-0.39, 0.29) is 25.2 Å². The molecular formula is C38H40N8O4S4+2. The van der Waals surface area contributed by atoms with E-state index in [0.29, 0.717) is 60.3 Å². The molecule has 16 heteroatoms. The Labute approximate surface area is 329 Å². The lowest BCUT2D eigenvalue weighted by molar-refractivity contribution is -0.724. The second-order valence-corrected chi connectivity index (χ2v) is 17.0. The van der Waals surface area contributed by atoms with Crippen LogP contribution in [0.15, 0.2) is 81.7 Å². The van der Waals surface area contributed by atoms with Crippen molar-refractivity contribution in [1.29, 1.82) is 0 Å². The maximum atomic E-state index is 12.7. The van der Waals surface area contributed by atoms with Crippen LogP contribution in [0.3, 0.4) is 0 Å². The average molecular weight is 801 g/mol. The smallest absolute Gasteiger partial charge is 0.338 e. The fourth-order valence-electron chi connectivity index (χ4n) is 5.47. The summed E-state index contributed by atoms with van der Waals surface area (Å²) in [7, 11) is 3.26. The largest absolute Gasteiger partial charge is 0.462 e. The molecule has 278 valence electrons. The van der Waals surface area contributed by atoms with Crippen molar-refractivity contribution >= 4 is 67.8 Å². The summed E-state index contributed by atoms with van der Waals surface area (Å²) in [6.45, 7) is 9.18. The lowest BCUT2D eigenvalue weighted by Crippen LogP contribution is -2.39. The van der Waals surface area contributed by atoms with Gasteiger partial charge in [-0.25, -0.2) is 29.5 Å². The zero-order valence-corrected chi connectivity index (χ0v) is 33.5. The fourth-order valence-corrected chi connectivity index (χ4v) is 11.2. The highest BCUT2D eigenvalue weighted by atomic mass is 33.1. The number of carbonyl (C=O) groups excluding carboxylic acids is 2. The standard InChI is InChI=1S/C38H40N8O4S4/c1-23-31(15-17-49-35(47)27-11-7-5-8-12-27)51-37(45(23)21-29-19-41-25(3)43-33(29)39)53-54-38-46(22-30-20-42-26(4)44-34(30)40)24(2)32(52-38)16-18-50-36(48)28-13-9-6-10-14-28/h5-14,19-20H,15-18,21-22H2,1-4H3,(H2,39,41,43)(H2,40,42,44)/q+2. The Morgan fingerprint density at radius 3 is 1.41 bits per heavy atom. The molecule has 4 N–H and O–H groups in total. The third-order valence-corrected chi connectivity index (χ3v) is 14.4. The maximum absolute atomic E-state index is 12.7. The molecule has 0 aliphatic carbocycles. The average Bonchev–Trinajstić information content (AvgIpc) is 3.63. The van der Waals surface area contributed by atoms with Crippen molar-refractivity contribution in [2.75, 3.05) is 24.7 Å². The number of hydrogen-bond acceptors (Lipinski definition) is 14. The summed E-state index contributed by atoms with van der Waals surface area (Å²) < 4.78 is 17.8. The molecule has 6 rings (SSSR count). The molecular weight excluding hydrogens is 761 g/mol. The van der Waals surface area contributed by atoms with Gasteiger partial charge in [-0.3, -0.25) is 0 Å². The quantitative estimate of drug-likeness (QED) is 0.0703.